The van der Waals surface area contributed by atoms with E-state index in [1.807, 2.05) is 0 Å². The minimum absolute atomic E-state index is 0.401. The van der Waals surface area contributed by atoms with Crippen LogP contribution in [0.25, 0.3) is 0 Å². The van der Waals surface area contributed by atoms with Gasteiger partial charge in [0.15, 0.2) is 5.96 Å². The number of rotatable bonds is 2. The summed E-state index contributed by atoms with van der Waals surface area (Å²) in [6.07, 6.45) is 6.26. The van der Waals surface area contributed by atoms with Crippen LogP contribution in [0.2, 0.25) is 0 Å². The van der Waals surface area contributed by atoms with Gasteiger partial charge in [-0.15, -0.1) is 0 Å². The highest BCUT2D eigenvalue weighted by atomic mass is 16.5. The summed E-state index contributed by atoms with van der Waals surface area (Å²) in [7, 11) is 0. The van der Waals surface area contributed by atoms with Crippen LogP contribution in [0.1, 0.15) is 38.5 Å². The molecule has 2 aliphatic heterocycles. The topological polar surface area (TPSA) is 71.1 Å². The Bertz CT molecular complexity index is 280. The normalized spacial score (nSPS) is 25.8. The number of likely N-dealkylation sites (tertiary alicyclic amines) is 1. The van der Waals surface area contributed by atoms with Gasteiger partial charge in [0.25, 0.3) is 0 Å². The number of nitrogens with two attached hydrogens (primary N) is 1. The molecule has 0 unspecified atom stereocenters. The van der Waals surface area contributed by atoms with Crippen molar-refractivity contribution in [3.8, 4) is 0 Å². The molecule has 0 aromatic heterocycles. The molecule has 0 radical (unpaired) electrons. The van der Waals surface area contributed by atoms with Crippen LogP contribution >= 0.6 is 0 Å². The van der Waals surface area contributed by atoms with Crippen molar-refractivity contribution in [3.63, 3.8) is 0 Å². The largest absolute Gasteiger partial charge is 0.388 e. The molecule has 5 heteroatoms. The molecule has 0 aromatic rings. The van der Waals surface area contributed by atoms with Gasteiger partial charge in [0.2, 0.25) is 0 Å². The molecule has 5 nitrogen and oxygen atoms in total. The van der Waals surface area contributed by atoms with Crippen LogP contribution in [0.5, 0.6) is 0 Å². The molecule has 2 rings (SSSR count). The van der Waals surface area contributed by atoms with E-state index in [-0.39, 0.29) is 0 Å². The molecule has 2 heterocycles. The first-order valence-electron chi connectivity index (χ1n) is 7.05. The van der Waals surface area contributed by atoms with Crippen molar-refractivity contribution in [1.29, 1.82) is 0 Å². The molecule has 0 atom stereocenters. The maximum atomic E-state index is 10.3. The Morgan fingerprint density at radius 1 is 1.17 bits per heavy atom. The standard InChI is InChI=1S/C13H25N3O2/c14-12(16-7-3-1-2-4-8-16)15-11-13(17)5-9-18-10-6-13/h17H,1-11H2,(H2,14,15). The van der Waals surface area contributed by atoms with Crippen LogP contribution in [0.15, 0.2) is 4.99 Å². The van der Waals surface area contributed by atoms with E-state index >= 15 is 0 Å². The Balaban J connectivity index is 1.86. The van der Waals surface area contributed by atoms with Gasteiger partial charge >= 0.3 is 0 Å². The number of hydrogen-bond acceptors (Lipinski definition) is 3. The average Bonchev–Trinajstić information content (AvgIpc) is 2.66. The molecule has 104 valence electrons. The molecule has 0 saturated carbocycles. The van der Waals surface area contributed by atoms with Gasteiger partial charge in [-0.2, -0.15) is 0 Å². The second kappa shape index (κ2) is 6.38. The zero-order valence-corrected chi connectivity index (χ0v) is 11.1. The number of aliphatic imine (C=N–C) groups is 1. The number of guanidine groups is 1. The van der Waals surface area contributed by atoms with Crippen LogP contribution < -0.4 is 5.73 Å². The lowest BCUT2D eigenvalue weighted by atomic mass is 9.95. The van der Waals surface area contributed by atoms with Crippen molar-refractivity contribution in [2.45, 2.75) is 44.1 Å². The number of hydrogen-bond donors (Lipinski definition) is 2. The van der Waals surface area contributed by atoms with Gasteiger partial charge in [-0.05, 0) is 12.8 Å². The predicted octanol–water partition coefficient (Wildman–Crippen LogP) is 0.719. The van der Waals surface area contributed by atoms with Crippen LogP contribution in [-0.4, -0.2) is 54.4 Å². The van der Waals surface area contributed by atoms with Crippen LogP contribution in [-0.2, 0) is 4.74 Å². The minimum Gasteiger partial charge on any atom is -0.388 e. The van der Waals surface area contributed by atoms with E-state index < -0.39 is 5.60 Å². The van der Waals surface area contributed by atoms with Crippen LogP contribution in [0.4, 0.5) is 0 Å². The summed E-state index contributed by atoms with van der Waals surface area (Å²) >= 11 is 0. The second-order valence-electron chi connectivity index (χ2n) is 5.41. The molecular weight excluding hydrogens is 230 g/mol. The van der Waals surface area contributed by atoms with Crippen molar-refractivity contribution in [2.24, 2.45) is 10.7 Å². The highest BCUT2D eigenvalue weighted by Gasteiger charge is 2.29. The van der Waals surface area contributed by atoms with E-state index in [9.17, 15) is 5.11 Å². The van der Waals surface area contributed by atoms with Crippen molar-refractivity contribution < 1.29 is 9.84 Å². The van der Waals surface area contributed by atoms with Gasteiger partial charge in [-0.1, -0.05) is 12.8 Å². The first-order valence-corrected chi connectivity index (χ1v) is 7.05. The third-order valence-electron chi connectivity index (χ3n) is 3.89. The molecular formula is C13H25N3O2. The van der Waals surface area contributed by atoms with Gasteiger partial charge in [0, 0.05) is 39.1 Å². The Hall–Kier alpha value is -0.810. The molecule has 2 aliphatic rings. The van der Waals surface area contributed by atoms with Crippen molar-refractivity contribution in [2.75, 3.05) is 32.8 Å². The Morgan fingerprint density at radius 3 is 2.39 bits per heavy atom. The van der Waals surface area contributed by atoms with E-state index in [0.29, 0.717) is 38.6 Å². The number of nitrogens with zero attached hydrogens (tertiary/aromatic N) is 2. The van der Waals surface area contributed by atoms with Gasteiger partial charge in [-0.25, -0.2) is 0 Å². The predicted molar refractivity (Wildman–Crippen MR) is 71.5 cm³/mol. The van der Waals surface area contributed by atoms with Gasteiger partial charge in [-0.3, -0.25) is 4.99 Å². The zero-order valence-electron chi connectivity index (χ0n) is 11.1. The molecule has 0 spiro atoms. The molecule has 0 aromatic carbocycles. The molecule has 0 amide bonds. The molecule has 18 heavy (non-hydrogen) atoms. The summed E-state index contributed by atoms with van der Waals surface area (Å²) < 4.78 is 5.25. The van der Waals surface area contributed by atoms with Crippen LogP contribution in [0, 0.1) is 0 Å². The van der Waals surface area contributed by atoms with Crippen molar-refractivity contribution >= 4 is 5.96 Å². The van der Waals surface area contributed by atoms with E-state index in [2.05, 4.69) is 9.89 Å². The monoisotopic (exact) mass is 255 g/mol. The fourth-order valence-corrected chi connectivity index (χ4v) is 2.54. The van der Waals surface area contributed by atoms with Crippen molar-refractivity contribution in [1.82, 2.24) is 4.90 Å². The molecule has 0 aliphatic carbocycles. The van der Waals surface area contributed by atoms with Gasteiger partial charge < -0.3 is 20.5 Å². The van der Waals surface area contributed by atoms with E-state index in [1.165, 1.54) is 25.7 Å². The first kappa shape index (κ1) is 13.6. The van der Waals surface area contributed by atoms with Gasteiger partial charge in [0.05, 0.1) is 12.1 Å². The number of ether oxygens (including phenoxy) is 1. The third-order valence-corrected chi connectivity index (χ3v) is 3.89. The number of aliphatic hydroxyl groups is 1. The molecule has 3 N–H and O–H groups in total. The fourth-order valence-electron chi connectivity index (χ4n) is 2.54. The van der Waals surface area contributed by atoms with Gasteiger partial charge in [0.1, 0.15) is 0 Å². The minimum atomic E-state index is -0.714. The fraction of sp³-hybridized carbons (Fsp3) is 0.923. The summed E-state index contributed by atoms with van der Waals surface area (Å²) in [5.41, 5.74) is 5.31. The Kier molecular flexibility index (Phi) is 4.83. The summed E-state index contributed by atoms with van der Waals surface area (Å²) in [6.45, 7) is 3.64. The Morgan fingerprint density at radius 2 is 1.78 bits per heavy atom. The van der Waals surface area contributed by atoms with Crippen molar-refractivity contribution in [3.05, 3.63) is 0 Å². The summed E-state index contributed by atoms with van der Waals surface area (Å²) in [4.78, 5) is 6.55. The highest BCUT2D eigenvalue weighted by Crippen LogP contribution is 2.20. The van der Waals surface area contributed by atoms with E-state index in [1.54, 1.807) is 0 Å². The second-order valence-corrected chi connectivity index (χ2v) is 5.41. The maximum absolute atomic E-state index is 10.3. The highest BCUT2D eigenvalue weighted by molar-refractivity contribution is 5.78. The SMILES string of the molecule is NC(=NCC1(O)CCOCC1)N1CCCCCC1. The smallest absolute Gasteiger partial charge is 0.191 e. The third kappa shape index (κ3) is 3.85. The molecule has 2 saturated heterocycles. The Labute approximate surface area is 109 Å². The lowest BCUT2D eigenvalue weighted by Crippen LogP contribution is -2.42. The lowest BCUT2D eigenvalue weighted by Gasteiger charge is -2.31. The quantitative estimate of drug-likeness (QED) is 0.563. The van der Waals surface area contributed by atoms with Crippen LogP contribution in [0.3, 0.4) is 0 Å². The average molecular weight is 255 g/mol. The maximum Gasteiger partial charge on any atom is 0.191 e. The lowest BCUT2D eigenvalue weighted by molar-refractivity contribution is -0.0566. The van der Waals surface area contributed by atoms with E-state index in [0.717, 1.165) is 13.1 Å². The summed E-state index contributed by atoms with van der Waals surface area (Å²) in [5.74, 6) is 0.594. The summed E-state index contributed by atoms with van der Waals surface area (Å²) in [6, 6.07) is 0. The molecule has 2 fully saturated rings. The first-order chi connectivity index (χ1) is 8.70. The zero-order chi connectivity index (χ0) is 12.8. The van der Waals surface area contributed by atoms with E-state index in [4.69, 9.17) is 10.5 Å². The molecule has 0 bridgehead atoms. The summed E-state index contributed by atoms with van der Waals surface area (Å²) in [5, 5.41) is 10.3.